The van der Waals surface area contributed by atoms with Gasteiger partial charge in [-0.15, -0.1) is 0 Å². The number of carbonyl (C=O) groups is 2. The summed E-state index contributed by atoms with van der Waals surface area (Å²) in [6.45, 7) is 2.84. The number of amides is 2. The molecule has 29 heavy (non-hydrogen) atoms. The molecule has 0 radical (unpaired) electrons. The maximum absolute atomic E-state index is 12.9. The van der Waals surface area contributed by atoms with Gasteiger partial charge in [0.05, 0.1) is 7.11 Å². The van der Waals surface area contributed by atoms with E-state index < -0.39 is 0 Å². The van der Waals surface area contributed by atoms with E-state index >= 15 is 0 Å². The molecule has 0 N–H and O–H groups in total. The molecule has 2 aliphatic rings. The summed E-state index contributed by atoms with van der Waals surface area (Å²) in [6.07, 6.45) is 4.87. The van der Waals surface area contributed by atoms with Crippen LogP contribution >= 0.6 is 0 Å². The average Bonchev–Trinajstić information content (AvgIpc) is 3.33. The second kappa shape index (κ2) is 8.61. The van der Waals surface area contributed by atoms with Crippen molar-refractivity contribution in [1.29, 1.82) is 0 Å². The van der Waals surface area contributed by atoms with Gasteiger partial charge in [-0.3, -0.25) is 14.6 Å². The highest BCUT2D eigenvalue weighted by molar-refractivity contribution is 5.95. The molecule has 0 saturated carbocycles. The van der Waals surface area contributed by atoms with Crippen molar-refractivity contribution in [2.75, 3.05) is 39.9 Å². The van der Waals surface area contributed by atoms with Crippen LogP contribution in [-0.2, 0) is 9.53 Å². The zero-order chi connectivity index (χ0) is 20.2. The van der Waals surface area contributed by atoms with Crippen LogP contribution in [-0.4, -0.2) is 72.6 Å². The van der Waals surface area contributed by atoms with Crippen LogP contribution in [0.3, 0.4) is 0 Å². The molecule has 2 aliphatic heterocycles. The van der Waals surface area contributed by atoms with Crippen LogP contribution in [0.4, 0.5) is 0 Å². The number of aromatic nitrogens is 1. The van der Waals surface area contributed by atoms with Crippen LogP contribution in [0.5, 0.6) is 5.75 Å². The minimum absolute atomic E-state index is 0.0149. The predicted octanol–water partition coefficient (Wildman–Crippen LogP) is 2.22. The number of nitrogens with zero attached hydrogens (tertiary/aromatic N) is 3. The van der Waals surface area contributed by atoms with E-state index in [9.17, 15) is 9.59 Å². The van der Waals surface area contributed by atoms with Gasteiger partial charge in [0.1, 0.15) is 11.9 Å². The van der Waals surface area contributed by atoms with Crippen LogP contribution in [0.1, 0.15) is 23.2 Å². The van der Waals surface area contributed by atoms with E-state index in [2.05, 4.69) is 4.98 Å². The second-order valence-electron chi connectivity index (χ2n) is 7.27. The Morgan fingerprint density at radius 2 is 1.79 bits per heavy atom. The molecule has 4 rings (SSSR count). The van der Waals surface area contributed by atoms with Crippen LogP contribution < -0.4 is 4.74 Å². The Hall–Kier alpha value is -2.93. The zero-order valence-corrected chi connectivity index (χ0v) is 16.5. The number of hydrogen-bond donors (Lipinski definition) is 0. The lowest BCUT2D eigenvalue weighted by atomic mass is 10.0. The molecule has 2 aromatic rings. The molecule has 7 nitrogen and oxygen atoms in total. The normalized spacial score (nSPS) is 19.3. The van der Waals surface area contributed by atoms with Crippen molar-refractivity contribution in [2.45, 2.75) is 18.9 Å². The van der Waals surface area contributed by atoms with E-state index in [1.165, 1.54) is 0 Å². The largest absolute Gasteiger partial charge is 0.496 e. The minimum Gasteiger partial charge on any atom is -0.496 e. The Labute approximate surface area is 170 Å². The Bertz CT molecular complexity index is 870. The molecule has 2 saturated heterocycles. The fourth-order valence-electron chi connectivity index (χ4n) is 3.86. The van der Waals surface area contributed by atoms with E-state index in [1.807, 2.05) is 35.2 Å². The summed E-state index contributed by atoms with van der Waals surface area (Å²) in [5.74, 6) is 0.786. The summed E-state index contributed by atoms with van der Waals surface area (Å²) in [7, 11) is 1.62. The fraction of sp³-hybridized carbons (Fsp3) is 0.409. The quantitative estimate of drug-likeness (QED) is 0.794. The molecule has 2 fully saturated rings. The minimum atomic E-state index is -0.297. The van der Waals surface area contributed by atoms with Gasteiger partial charge in [-0.25, -0.2) is 0 Å². The maximum Gasteiger partial charge on any atom is 0.253 e. The molecule has 0 aliphatic carbocycles. The molecule has 1 atom stereocenters. The molecule has 1 unspecified atom stereocenters. The van der Waals surface area contributed by atoms with Gasteiger partial charge in [-0.05, 0) is 36.6 Å². The number of carbonyl (C=O) groups excluding carboxylic acids is 2. The zero-order valence-electron chi connectivity index (χ0n) is 16.5. The van der Waals surface area contributed by atoms with Gasteiger partial charge in [0.25, 0.3) is 11.8 Å². The molecule has 1 aromatic carbocycles. The van der Waals surface area contributed by atoms with E-state index in [4.69, 9.17) is 9.47 Å². The third-order valence-electron chi connectivity index (χ3n) is 5.53. The summed E-state index contributed by atoms with van der Waals surface area (Å²) < 4.78 is 10.9. The lowest BCUT2D eigenvalue weighted by Gasteiger charge is -2.35. The molecule has 3 heterocycles. The summed E-state index contributed by atoms with van der Waals surface area (Å²) in [5.41, 5.74) is 2.46. The first-order valence-electron chi connectivity index (χ1n) is 9.95. The first-order valence-corrected chi connectivity index (χ1v) is 9.95. The van der Waals surface area contributed by atoms with Crippen LogP contribution in [0.15, 0.2) is 42.7 Å². The summed E-state index contributed by atoms with van der Waals surface area (Å²) in [4.78, 5) is 33.1. The molecule has 2 amide bonds. The molecular formula is C22H25N3O4. The van der Waals surface area contributed by atoms with E-state index in [1.54, 1.807) is 24.4 Å². The molecule has 0 bridgehead atoms. The monoisotopic (exact) mass is 395 g/mol. The first kappa shape index (κ1) is 19.4. The molecule has 152 valence electrons. The highest BCUT2D eigenvalue weighted by Crippen LogP contribution is 2.29. The molecular weight excluding hydrogens is 370 g/mol. The predicted molar refractivity (Wildman–Crippen MR) is 108 cm³/mol. The van der Waals surface area contributed by atoms with Crippen molar-refractivity contribution >= 4 is 11.8 Å². The van der Waals surface area contributed by atoms with Gasteiger partial charge in [0.15, 0.2) is 0 Å². The number of benzene rings is 1. The van der Waals surface area contributed by atoms with Crippen LogP contribution in [0.2, 0.25) is 0 Å². The Morgan fingerprint density at radius 3 is 2.45 bits per heavy atom. The van der Waals surface area contributed by atoms with Crippen molar-refractivity contribution in [1.82, 2.24) is 14.8 Å². The Kier molecular flexibility index (Phi) is 5.76. The smallest absolute Gasteiger partial charge is 0.253 e. The summed E-state index contributed by atoms with van der Waals surface area (Å²) >= 11 is 0. The lowest BCUT2D eigenvalue weighted by Crippen LogP contribution is -2.52. The summed E-state index contributed by atoms with van der Waals surface area (Å²) in [5, 5.41) is 0. The van der Waals surface area contributed by atoms with Gasteiger partial charge < -0.3 is 19.3 Å². The standard InChI is InChI=1S/C22H25N3O4/c1-28-19-8-9-23-15-18(19)16-4-6-17(7-5-16)21(26)24-10-12-25(13-11-24)22(27)20-3-2-14-29-20/h4-9,15,20H,2-3,10-14H2,1H3. The number of rotatable bonds is 4. The average molecular weight is 395 g/mol. The number of piperazine rings is 1. The highest BCUT2D eigenvalue weighted by Gasteiger charge is 2.31. The SMILES string of the molecule is COc1ccncc1-c1ccc(C(=O)N2CCN(C(=O)C3CCCO3)CC2)cc1. The van der Waals surface area contributed by atoms with Crippen molar-refractivity contribution in [2.24, 2.45) is 0 Å². The highest BCUT2D eigenvalue weighted by atomic mass is 16.5. The number of ether oxygens (including phenoxy) is 2. The number of pyridine rings is 1. The van der Waals surface area contributed by atoms with Crippen LogP contribution in [0, 0.1) is 0 Å². The molecule has 0 spiro atoms. The van der Waals surface area contributed by atoms with Gasteiger partial charge in [0, 0.05) is 56.3 Å². The van der Waals surface area contributed by atoms with Gasteiger partial charge >= 0.3 is 0 Å². The molecule has 1 aromatic heterocycles. The van der Waals surface area contributed by atoms with Crippen molar-refractivity contribution in [3.63, 3.8) is 0 Å². The molecule has 7 heteroatoms. The first-order chi connectivity index (χ1) is 14.2. The van der Waals surface area contributed by atoms with E-state index in [-0.39, 0.29) is 17.9 Å². The number of hydrogen-bond acceptors (Lipinski definition) is 5. The third-order valence-corrected chi connectivity index (χ3v) is 5.53. The lowest BCUT2D eigenvalue weighted by molar-refractivity contribution is -0.142. The Balaban J connectivity index is 1.38. The third kappa shape index (κ3) is 4.10. The Morgan fingerprint density at radius 1 is 1.07 bits per heavy atom. The van der Waals surface area contributed by atoms with E-state index in [0.717, 1.165) is 29.7 Å². The van der Waals surface area contributed by atoms with Crippen molar-refractivity contribution in [3.05, 3.63) is 48.3 Å². The topological polar surface area (TPSA) is 72.0 Å². The number of methoxy groups -OCH3 is 1. The van der Waals surface area contributed by atoms with Gasteiger partial charge in [0.2, 0.25) is 0 Å². The second-order valence-corrected chi connectivity index (χ2v) is 7.27. The summed E-state index contributed by atoms with van der Waals surface area (Å²) in [6, 6.07) is 9.28. The van der Waals surface area contributed by atoms with Crippen molar-refractivity contribution < 1.29 is 19.1 Å². The van der Waals surface area contributed by atoms with Crippen molar-refractivity contribution in [3.8, 4) is 16.9 Å². The fourth-order valence-corrected chi connectivity index (χ4v) is 3.86. The van der Waals surface area contributed by atoms with Gasteiger partial charge in [-0.1, -0.05) is 12.1 Å². The van der Waals surface area contributed by atoms with E-state index in [0.29, 0.717) is 38.3 Å². The van der Waals surface area contributed by atoms with Gasteiger partial charge in [-0.2, -0.15) is 0 Å². The maximum atomic E-state index is 12.9. The van der Waals surface area contributed by atoms with Crippen LogP contribution in [0.25, 0.3) is 11.1 Å².